The number of halogens is 6. The van der Waals surface area contributed by atoms with Crippen molar-refractivity contribution in [2.75, 3.05) is 46.8 Å². The molecular formula is C19H30F6LiO15P. The maximum absolute atomic E-state index is 10.7. The van der Waals surface area contributed by atoms with Crippen molar-refractivity contribution in [1.29, 1.82) is 0 Å². The Hall–Kier alpha value is -3.30. The van der Waals surface area contributed by atoms with Crippen LogP contribution in [0.1, 0.15) is 27.7 Å². The Balaban J connectivity index is -0.000000206. The second-order valence-corrected chi connectivity index (χ2v) is 8.07. The second-order valence-electron chi connectivity index (χ2n) is 6.16. The summed E-state index contributed by atoms with van der Waals surface area (Å²) in [5.41, 5.74) is 0. The summed E-state index contributed by atoms with van der Waals surface area (Å²) in [5.74, 6) is -0.657. The van der Waals surface area contributed by atoms with Gasteiger partial charge in [0.25, 0.3) is 0 Å². The Bertz CT molecular complexity index is 890. The smallest absolute Gasteiger partial charge is 0.431 e. The predicted octanol–water partition coefficient (Wildman–Crippen LogP) is 3.28. The molecule has 15 nitrogen and oxygen atoms in total. The number of hydrogen-bond acceptors (Lipinski definition) is 15. The van der Waals surface area contributed by atoms with Crippen molar-refractivity contribution in [2.24, 2.45) is 0 Å². The average Bonchev–Trinajstić information content (AvgIpc) is 3.59. The standard InChI is InChI=1S/C5H10O3.C4H6O3.C4H8O3.C3H4O3.C3H2O3.F6P.Li/c1-3-7-5(6)8-4-2;1-3-2-6-4(5)7-3;1-3-7-4(5)6-2;2*4-3-5-1-2-6-3;1-7(2,3,4,5)6;/h3-4H2,1-2H3;3H,2H2,1H3;3H2,1-2H3;1-2H2;1-2H;;/q;;;;;-1;+1. The maximum Gasteiger partial charge on any atom is 1.00 e. The molecule has 1 unspecified atom stereocenters. The quantitative estimate of drug-likeness (QED) is 0.152. The summed E-state index contributed by atoms with van der Waals surface area (Å²) in [6.45, 7) is 9.32. The van der Waals surface area contributed by atoms with E-state index in [-0.39, 0.29) is 25.0 Å². The third-order valence-electron chi connectivity index (χ3n) is 2.59. The molecule has 3 rings (SSSR count). The van der Waals surface area contributed by atoms with Crippen LogP contribution in [-0.2, 0) is 37.9 Å². The first-order chi connectivity index (χ1) is 18.6. The van der Waals surface area contributed by atoms with E-state index in [2.05, 4.69) is 46.7 Å². The van der Waals surface area contributed by atoms with Crippen LogP contribution in [0.3, 0.4) is 0 Å². The van der Waals surface area contributed by atoms with E-state index in [1.807, 2.05) is 0 Å². The summed E-state index contributed by atoms with van der Waals surface area (Å²) in [5, 5.41) is 0. The van der Waals surface area contributed by atoms with Gasteiger partial charge in [-0.05, 0) is 27.7 Å². The molecule has 0 radical (unpaired) electrons. The Morgan fingerprint density at radius 3 is 1.31 bits per heavy atom. The zero-order valence-electron chi connectivity index (χ0n) is 23.3. The van der Waals surface area contributed by atoms with E-state index in [0.29, 0.717) is 39.6 Å². The minimum absolute atomic E-state index is 0. The summed E-state index contributed by atoms with van der Waals surface area (Å²) < 4.78 is 102. The molecule has 0 amide bonds. The molecule has 0 bridgehead atoms. The molecule has 2 aliphatic heterocycles. The summed E-state index contributed by atoms with van der Waals surface area (Å²) in [6, 6.07) is 0. The first-order valence-electron chi connectivity index (χ1n) is 10.9. The largest absolute Gasteiger partial charge is 1.00 e. The number of rotatable bonds is 3. The first kappa shape index (κ1) is 45.7. The monoisotopic (exact) mass is 650 g/mol. The fraction of sp³-hybridized carbons (Fsp3) is 0.632. The van der Waals surface area contributed by atoms with Gasteiger partial charge in [-0.25, -0.2) is 24.0 Å². The SMILES string of the molecule is CC1COC(=O)O1.CCOC(=O)OC.CCOC(=O)OCC.F[P-](F)(F)(F)(F)F.O=C1OCCO1.O=c1occo1.[Li+]. The van der Waals surface area contributed by atoms with E-state index in [1.165, 1.54) is 19.6 Å². The van der Waals surface area contributed by atoms with Crippen LogP contribution in [0.4, 0.5) is 44.4 Å². The van der Waals surface area contributed by atoms with Crippen molar-refractivity contribution in [3.8, 4) is 0 Å². The fourth-order valence-corrected chi connectivity index (χ4v) is 1.36. The van der Waals surface area contributed by atoms with Crippen LogP contribution in [0.2, 0.25) is 0 Å². The Morgan fingerprint density at radius 1 is 0.786 bits per heavy atom. The van der Waals surface area contributed by atoms with Crippen LogP contribution in [0.15, 0.2) is 26.2 Å². The number of ether oxygens (including phenoxy) is 8. The molecule has 0 spiro atoms. The van der Waals surface area contributed by atoms with Crippen molar-refractivity contribution in [3.63, 3.8) is 0 Å². The molecule has 0 aliphatic carbocycles. The maximum atomic E-state index is 10.2. The summed E-state index contributed by atoms with van der Waals surface area (Å²) in [6.07, 6.45) is 0.0116. The Morgan fingerprint density at radius 2 is 1.17 bits per heavy atom. The molecular weight excluding hydrogens is 620 g/mol. The van der Waals surface area contributed by atoms with E-state index in [9.17, 15) is 49.2 Å². The van der Waals surface area contributed by atoms with E-state index in [0.717, 1.165) is 0 Å². The number of carbonyl (C=O) groups excluding carboxylic acids is 4. The molecule has 0 aromatic carbocycles. The van der Waals surface area contributed by atoms with Gasteiger partial charge in [-0.2, -0.15) is 0 Å². The molecule has 3 heterocycles. The first-order valence-corrected chi connectivity index (χ1v) is 12.9. The van der Waals surface area contributed by atoms with E-state index in [4.69, 9.17) is 0 Å². The third kappa shape index (κ3) is 49.6. The van der Waals surface area contributed by atoms with Crippen molar-refractivity contribution in [2.45, 2.75) is 33.8 Å². The predicted molar refractivity (Wildman–Crippen MR) is 123 cm³/mol. The molecule has 1 atom stereocenters. The van der Waals surface area contributed by atoms with Crippen molar-refractivity contribution in [3.05, 3.63) is 23.1 Å². The van der Waals surface area contributed by atoms with Gasteiger partial charge in [0, 0.05) is 0 Å². The Kier molecular flexibility index (Phi) is 24.3. The molecule has 1 aromatic rings. The van der Waals surface area contributed by atoms with E-state index < -0.39 is 38.3 Å². The molecule has 0 N–H and O–H groups in total. The van der Waals surface area contributed by atoms with Gasteiger partial charge in [-0.3, -0.25) is 0 Å². The molecule has 1 aromatic heterocycles. The minimum Gasteiger partial charge on any atom is -0.431 e. The van der Waals surface area contributed by atoms with Crippen LogP contribution in [-0.4, -0.2) is 77.5 Å². The van der Waals surface area contributed by atoms with Crippen molar-refractivity contribution >= 4 is 32.4 Å². The number of cyclic esters (lactones) is 4. The van der Waals surface area contributed by atoms with E-state index >= 15 is 0 Å². The van der Waals surface area contributed by atoms with Crippen LogP contribution in [0.5, 0.6) is 0 Å². The van der Waals surface area contributed by atoms with Gasteiger partial charge in [0.15, 0.2) is 0 Å². The average molecular weight is 650 g/mol. The number of methoxy groups -OCH3 is 1. The van der Waals surface area contributed by atoms with Crippen molar-refractivity contribution in [1.82, 2.24) is 0 Å². The fourth-order valence-electron chi connectivity index (χ4n) is 1.36. The molecule has 244 valence electrons. The van der Waals surface area contributed by atoms with Crippen LogP contribution >= 0.6 is 7.81 Å². The summed E-state index contributed by atoms with van der Waals surface area (Å²) >= 11 is 0. The van der Waals surface area contributed by atoms with Gasteiger partial charge in [-0.15, -0.1) is 0 Å². The topological polar surface area (TPSA) is 185 Å². The number of hydrogen-bond donors (Lipinski definition) is 0. The van der Waals surface area contributed by atoms with Crippen LogP contribution < -0.4 is 24.7 Å². The van der Waals surface area contributed by atoms with Gasteiger partial charge < -0.3 is 46.7 Å². The zero-order valence-corrected chi connectivity index (χ0v) is 24.2. The molecule has 2 fully saturated rings. The normalized spacial score (nSPS) is 15.6. The van der Waals surface area contributed by atoms with Gasteiger partial charge in [-0.1, -0.05) is 0 Å². The third-order valence-corrected chi connectivity index (χ3v) is 2.59. The van der Waals surface area contributed by atoms with Gasteiger partial charge >= 0.3 is 82.3 Å². The molecule has 42 heavy (non-hydrogen) atoms. The van der Waals surface area contributed by atoms with Gasteiger partial charge in [0.2, 0.25) is 0 Å². The Labute approximate surface area is 246 Å². The van der Waals surface area contributed by atoms with Crippen molar-refractivity contribution < 1.29 is 110 Å². The minimum atomic E-state index is -10.7. The molecule has 2 saturated heterocycles. The molecule has 2 aliphatic rings. The van der Waals surface area contributed by atoms with Crippen LogP contribution in [0.25, 0.3) is 0 Å². The van der Waals surface area contributed by atoms with E-state index in [1.54, 1.807) is 27.7 Å². The van der Waals surface area contributed by atoms with Gasteiger partial charge in [0.05, 0.1) is 26.9 Å². The van der Waals surface area contributed by atoms with Crippen LogP contribution in [0, 0.1) is 0 Å². The zero-order chi connectivity index (χ0) is 32.6. The second kappa shape index (κ2) is 22.3. The number of carbonyl (C=O) groups is 4. The van der Waals surface area contributed by atoms with Gasteiger partial charge in [0.1, 0.15) is 38.5 Å². The molecule has 0 saturated carbocycles. The summed E-state index contributed by atoms with van der Waals surface area (Å²) in [7, 11) is -9.38. The molecule has 23 heteroatoms. The summed E-state index contributed by atoms with van der Waals surface area (Å²) in [4.78, 5) is 49.7.